The van der Waals surface area contributed by atoms with Gasteiger partial charge in [0.05, 0.1) is 5.69 Å². The van der Waals surface area contributed by atoms with Gasteiger partial charge in [0.1, 0.15) is 5.52 Å². The van der Waals surface area contributed by atoms with E-state index in [1.165, 1.54) is 21.9 Å². The maximum atomic E-state index is 6.55. The Labute approximate surface area is 279 Å². The lowest BCUT2D eigenvalue weighted by Crippen LogP contribution is -2.11. The summed E-state index contributed by atoms with van der Waals surface area (Å²) in [5, 5.41) is 4.71. The van der Waals surface area contributed by atoms with Crippen LogP contribution in [0.25, 0.3) is 66.4 Å². The van der Waals surface area contributed by atoms with E-state index in [1.54, 1.807) is 0 Å². The molecule has 0 unspecified atom stereocenters. The molecule has 0 N–H and O–H groups in total. The third kappa shape index (κ3) is 4.90. The van der Waals surface area contributed by atoms with Crippen LogP contribution in [0.3, 0.4) is 0 Å². The maximum Gasteiger partial charge on any atom is 0.227 e. The van der Waals surface area contributed by atoms with Crippen molar-refractivity contribution in [1.29, 1.82) is 0 Å². The van der Waals surface area contributed by atoms with E-state index in [1.807, 2.05) is 6.07 Å². The number of hydrogen-bond donors (Lipinski definition) is 0. The quantitative estimate of drug-likeness (QED) is 0.187. The molecule has 9 aromatic rings. The zero-order valence-electron chi connectivity index (χ0n) is 26.1. The first-order valence-electron chi connectivity index (χ1n) is 16.2. The molecule has 1 heterocycles. The molecule has 1 aromatic heterocycles. The smallest absolute Gasteiger partial charge is 0.227 e. The van der Waals surface area contributed by atoms with Crippen LogP contribution in [0.5, 0.6) is 0 Å². The van der Waals surface area contributed by atoms with Crippen LogP contribution in [0.15, 0.2) is 186 Å². The van der Waals surface area contributed by atoms with Gasteiger partial charge in [-0.05, 0) is 75.1 Å². The van der Waals surface area contributed by atoms with Gasteiger partial charge >= 0.3 is 0 Å². The summed E-state index contributed by atoms with van der Waals surface area (Å²) in [7, 11) is 0. The van der Waals surface area contributed by atoms with E-state index in [0.717, 1.165) is 55.6 Å². The molecule has 0 spiro atoms. The van der Waals surface area contributed by atoms with Gasteiger partial charge in [-0.2, -0.15) is 0 Å². The average molecular weight is 615 g/mol. The number of aromatic nitrogens is 1. The Morgan fingerprint density at radius 1 is 0.417 bits per heavy atom. The van der Waals surface area contributed by atoms with Crippen LogP contribution in [0.2, 0.25) is 0 Å². The van der Waals surface area contributed by atoms with E-state index in [-0.39, 0.29) is 0 Å². The third-order valence-corrected chi connectivity index (χ3v) is 9.09. The number of oxazole rings is 1. The van der Waals surface area contributed by atoms with E-state index in [2.05, 4.69) is 181 Å². The summed E-state index contributed by atoms with van der Waals surface area (Å²) >= 11 is 0. The summed E-state index contributed by atoms with van der Waals surface area (Å²) < 4.78 is 6.55. The van der Waals surface area contributed by atoms with Crippen LogP contribution in [-0.2, 0) is 0 Å². The summed E-state index contributed by atoms with van der Waals surface area (Å²) in [6, 6.07) is 64.0. The van der Waals surface area contributed by atoms with Gasteiger partial charge in [-0.1, -0.05) is 140 Å². The minimum Gasteiger partial charge on any atom is -0.435 e. The van der Waals surface area contributed by atoms with Gasteiger partial charge in [0.25, 0.3) is 0 Å². The summed E-state index contributed by atoms with van der Waals surface area (Å²) in [4.78, 5) is 7.29. The number of para-hydroxylation sites is 2. The molecule has 0 saturated carbocycles. The van der Waals surface area contributed by atoms with Gasteiger partial charge in [-0.3, -0.25) is 0 Å². The molecule has 0 aliphatic rings. The van der Waals surface area contributed by atoms with Gasteiger partial charge in [0.2, 0.25) is 5.89 Å². The lowest BCUT2D eigenvalue weighted by atomic mass is 10.0. The molecular formula is C45H30N2O. The van der Waals surface area contributed by atoms with Crippen LogP contribution in [0.1, 0.15) is 0 Å². The number of benzene rings is 8. The van der Waals surface area contributed by atoms with Crippen molar-refractivity contribution >= 4 is 49.7 Å². The Kier molecular flexibility index (Phi) is 6.80. The van der Waals surface area contributed by atoms with Gasteiger partial charge < -0.3 is 9.32 Å². The van der Waals surface area contributed by atoms with Crippen molar-refractivity contribution in [2.45, 2.75) is 0 Å². The number of anilines is 3. The van der Waals surface area contributed by atoms with E-state index in [0.29, 0.717) is 5.89 Å². The first kappa shape index (κ1) is 27.8. The largest absolute Gasteiger partial charge is 0.435 e. The molecule has 0 radical (unpaired) electrons. The van der Waals surface area contributed by atoms with Crippen LogP contribution < -0.4 is 4.90 Å². The first-order chi connectivity index (χ1) is 23.8. The molecule has 48 heavy (non-hydrogen) atoms. The van der Waals surface area contributed by atoms with Gasteiger partial charge in [-0.25, -0.2) is 4.98 Å². The van der Waals surface area contributed by atoms with Gasteiger partial charge in [-0.15, -0.1) is 0 Å². The molecular weight excluding hydrogens is 585 g/mol. The Hall–Kier alpha value is -6.45. The lowest BCUT2D eigenvalue weighted by molar-refractivity contribution is 0.621. The Morgan fingerprint density at radius 3 is 1.92 bits per heavy atom. The predicted octanol–water partition coefficient (Wildman–Crippen LogP) is 12.6. The predicted molar refractivity (Wildman–Crippen MR) is 200 cm³/mol. The van der Waals surface area contributed by atoms with Crippen LogP contribution in [0.4, 0.5) is 17.1 Å². The van der Waals surface area contributed by atoms with E-state index in [9.17, 15) is 0 Å². The monoisotopic (exact) mass is 614 g/mol. The fourth-order valence-electron chi connectivity index (χ4n) is 6.77. The standard InChI is InChI=1S/C45H30N2O/c1-2-13-33(14-3-1)39-19-8-9-23-43(39)47(37-29-24-31-12-4-5-16-35(31)30-37)36-27-25-34(26-28-36)40-20-11-22-42-44(40)48-45(46-42)41-21-10-17-32-15-6-7-18-38(32)41/h1-30H. The molecule has 226 valence electrons. The Balaban J connectivity index is 1.16. The molecule has 3 heteroatoms. The lowest BCUT2D eigenvalue weighted by Gasteiger charge is -2.28. The molecule has 3 nitrogen and oxygen atoms in total. The SMILES string of the molecule is c1ccc(-c2ccccc2N(c2ccc(-c3cccc4nc(-c5cccc6ccccc56)oc34)cc2)c2ccc3ccccc3c2)cc1. The second-order valence-electron chi connectivity index (χ2n) is 12.0. The van der Waals surface area contributed by atoms with Crippen molar-refractivity contribution in [3.8, 4) is 33.7 Å². The van der Waals surface area contributed by atoms with E-state index in [4.69, 9.17) is 9.40 Å². The minimum absolute atomic E-state index is 0.630. The zero-order chi connectivity index (χ0) is 31.9. The molecule has 0 bridgehead atoms. The van der Waals surface area contributed by atoms with E-state index >= 15 is 0 Å². The summed E-state index contributed by atoms with van der Waals surface area (Å²) in [5.41, 5.74) is 10.3. The molecule has 0 aliphatic carbocycles. The Morgan fingerprint density at radius 2 is 1.04 bits per heavy atom. The second-order valence-corrected chi connectivity index (χ2v) is 12.0. The molecule has 0 aliphatic heterocycles. The number of rotatable bonds is 6. The van der Waals surface area contributed by atoms with E-state index < -0.39 is 0 Å². The highest BCUT2D eigenvalue weighted by Gasteiger charge is 2.19. The molecule has 0 amide bonds. The molecule has 0 saturated heterocycles. The van der Waals surface area contributed by atoms with Crippen LogP contribution in [0, 0.1) is 0 Å². The third-order valence-electron chi connectivity index (χ3n) is 9.09. The highest BCUT2D eigenvalue weighted by atomic mass is 16.3. The fourth-order valence-corrected chi connectivity index (χ4v) is 6.77. The van der Waals surface area contributed by atoms with Crippen molar-refractivity contribution in [2.24, 2.45) is 0 Å². The number of hydrogen-bond acceptors (Lipinski definition) is 3. The van der Waals surface area contributed by atoms with Crippen molar-refractivity contribution < 1.29 is 4.42 Å². The van der Waals surface area contributed by atoms with Crippen LogP contribution >= 0.6 is 0 Å². The topological polar surface area (TPSA) is 29.3 Å². The van der Waals surface area contributed by atoms with Gasteiger partial charge in [0, 0.05) is 28.1 Å². The minimum atomic E-state index is 0.630. The molecule has 0 fully saturated rings. The van der Waals surface area contributed by atoms with Crippen molar-refractivity contribution in [1.82, 2.24) is 4.98 Å². The number of fused-ring (bicyclic) bond motifs is 3. The molecule has 0 atom stereocenters. The summed E-state index contributed by atoms with van der Waals surface area (Å²) in [6.07, 6.45) is 0. The van der Waals surface area contributed by atoms with Crippen molar-refractivity contribution in [2.75, 3.05) is 4.90 Å². The van der Waals surface area contributed by atoms with Gasteiger partial charge in [0.15, 0.2) is 5.58 Å². The maximum absolute atomic E-state index is 6.55. The highest BCUT2D eigenvalue weighted by Crippen LogP contribution is 2.42. The summed E-state index contributed by atoms with van der Waals surface area (Å²) in [5.74, 6) is 0.630. The van der Waals surface area contributed by atoms with Crippen molar-refractivity contribution in [3.05, 3.63) is 182 Å². The highest BCUT2D eigenvalue weighted by molar-refractivity contribution is 5.98. The Bertz CT molecular complexity index is 2560. The second kappa shape index (κ2) is 11.7. The number of nitrogens with zero attached hydrogens (tertiary/aromatic N) is 2. The first-order valence-corrected chi connectivity index (χ1v) is 16.2. The normalized spacial score (nSPS) is 11.3. The fraction of sp³-hybridized carbons (Fsp3) is 0. The molecule has 8 aromatic carbocycles. The average Bonchev–Trinajstić information content (AvgIpc) is 3.60. The van der Waals surface area contributed by atoms with Crippen molar-refractivity contribution in [3.63, 3.8) is 0 Å². The van der Waals surface area contributed by atoms with Crippen LogP contribution in [-0.4, -0.2) is 4.98 Å². The summed E-state index contributed by atoms with van der Waals surface area (Å²) in [6.45, 7) is 0. The molecule has 9 rings (SSSR count). The zero-order valence-corrected chi connectivity index (χ0v) is 26.1.